The third-order valence-electron chi connectivity index (χ3n) is 4.37. The number of hydrogen-bond donors (Lipinski definition) is 1. The van der Waals surface area contributed by atoms with Gasteiger partial charge in [-0.1, -0.05) is 41.8 Å². The van der Waals surface area contributed by atoms with E-state index < -0.39 is 0 Å². The van der Waals surface area contributed by atoms with Gasteiger partial charge < -0.3 is 5.32 Å². The van der Waals surface area contributed by atoms with Gasteiger partial charge in [0.1, 0.15) is 5.82 Å². The van der Waals surface area contributed by atoms with Gasteiger partial charge in [-0.25, -0.2) is 4.39 Å². The minimum Gasteiger partial charge on any atom is -0.314 e. The van der Waals surface area contributed by atoms with Crippen molar-refractivity contribution in [2.24, 2.45) is 5.92 Å². The SMILES string of the molecule is CCCNC(CCc1ccc(F)cc1Br)C1CCCC1. The summed E-state index contributed by atoms with van der Waals surface area (Å²) in [7, 11) is 0. The van der Waals surface area contributed by atoms with Crippen LogP contribution in [-0.2, 0) is 6.42 Å². The summed E-state index contributed by atoms with van der Waals surface area (Å²) in [5.74, 6) is 0.665. The number of hydrogen-bond acceptors (Lipinski definition) is 1. The molecule has 1 atom stereocenters. The molecule has 1 saturated carbocycles. The zero-order valence-electron chi connectivity index (χ0n) is 12.3. The van der Waals surface area contributed by atoms with Crippen LogP contribution in [0.5, 0.6) is 0 Å². The number of halogens is 2. The molecule has 1 unspecified atom stereocenters. The lowest BCUT2D eigenvalue weighted by Crippen LogP contribution is -2.36. The molecule has 1 fully saturated rings. The minimum atomic E-state index is -0.169. The molecule has 0 aliphatic heterocycles. The second-order valence-corrected chi connectivity index (χ2v) is 6.73. The lowest BCUT2D eigenvalue weighted by molar-refractivity contribution is 0.340. The van der Waals surface area contributed by atoms with Crippen molar-refractivity contribution >= 4 is 15.9 Å². The van der Waals surface area contributed by atoms with Crippen molar-refractivity contribution in [1.29, 1.82) is 0 Å². The van der Waals surface area contributed by atoms with Crippen molar-refractivity contribution in [3.8, 4) is 0 Å². The van der Waals surface area contributed by atoms with E-state index in [2.05, 4.69) is 28.2 Å². The van der Waals surface area contributed by atoms with E-state index in [4.69, 9.17) is 0 Å². The Morgan fingerprint density at radius 3 is 2.75 bits per heavy atom. The van der Waals surface area contributed by atoms with Crippen molar-refractivity contribution in [3.63, 3.8) is 0 Å². The quantitative estimate of drug-likeness (QED) is 0.729. The Kier molecular flexibility index (Phi) is 6.50. The van der Waals surface area contributed by atoms with Crippen molar-refractivity contribution in [2.45, 2.75) is 57.9 Å². The van der Waals surface area contributed by atoms with Crippen molar-refractivity contribution in [3.05, 3.63) is 34.1 Å². The van der Waals surface area contributed by atoms with Gasteiger partial charge in [0.2, 0.25) is 0 Å². The van der Waals surface area contributed by atoms with Gasteiger partial charge in [0, 0.05) is 10.5 Å². The van der Waals surface area contributed by atoms with Gasteiger partial charge >= 0.3 is 0 Å². The van der Waals surface area contributed by atoms with Crippen LogP contribution in [0.25, 0.3) is 0 Å². The van der Waals surface area contributed by atoms with Crippen LogP contribution in [0.3, 0.4) is 0 Å². The normalized spacial score (nSPS) is 17.6. The molecule has 0 heterocycles. The van der Waals surface area contributed by atoms with Gasteiger partial charge in [0.15, 0.2) is 0 Å². The first kappa shape index (κ1) is 16.0. The highest BCUT2D eigenvalue weighted by atomic mass is 79.9. The van der Waals surface area contributed by atoms with E-state index >= 15 is 0 Å². The summed E-state index contributed by atoms with van der Waals surface area (Å²) in [6.07, 6.45) is 8.85. The van der Waals surface area contributed by atoms with Crippen LogP contribution in [0.1, 0.15) is 51.0 Å². The zero-order valence-corrected chi connectivity index (χ0v) is 13.9. The molecule has 0 amide bonds. The predicted octanol–water partition coefficient (Wildman–Crippen LogP) is 5.08. The average Bonchev–Trinajstić information content (AvgIpc) is 2.95. The Morgan fingerprint density at radius 2 is 2.10 bits per heavy atom. The van der Waals surface area contributed by atoms with E-state index in [1.807, 2.05) is 6.07 Å². The van der Waals surface area contributed by atoms with Gasteiger partial charge in [-0.15, -0.1) is 0 Å². The van der Waals surface area contributed by atoms with E-state index in [0.29, 0.717) is 6.04 Å². The molecule has 0 saturated heterocycles. The van der Waals surface area contributed by atoms with Crippen LogP contribution in [-0.4, -0.2) is 12.6 Å². The van der Waals surface area contributed by atoms with Gasteiger partial charge in [-0.2, -0.15) is 0 Å². The van der Waals surface area contributed by atoms with E-state index in [1.165, 1.54) is 37.7 Å². The fourth-order valence-corrected chi connectivity index (χ4v) is 3.78. The van der Waals surface area contributed by atoms with E-state index in [9.17, 15) is 4.39 Å². The fraction of sp³-hybridized carbons (Fsp3) is 0.647. The van der Waals surface area contributed by atoms with E-state index in [-0.39, 0.29) is 5.82 Å². The molecule has 1 aliphatic carbocycles. The second-order valence-electron chi connectivity index (χ2n) is 5.88. The Labute approximate surface area is 130 Å². The van der Waals surface area contributed by atoms with Gasteiger partial charge in [0.05, 0.1) is 0 Å². The molecule has 0 spiro atoms. The van der Waals surface area contributed by atoms with Gasteiger partial charge in [0.25, 0.3) is 0 Å². The molecule has 0 radical (unpaired) electrons. The first-order chi connectivity index (χ1) is 9.70. The molecule has 1 N–H and O–H groups in total. The molecule has 20 heavy (non-hydrogen) atoms. The number of rotatable bonds is 7. The Balaban J connectivity index is 1.93. The summed E-state index contributed by atoms with van der Waals surface area (Å²) in [5.41, 5.74) is 1.22. The minimum absolute atomic E-state index is 0.169. The van der Waals surface area contributed by atoms with Gasteiger partial charge in [-0.05, 0) is 62.3 Å². The molecule has 3 heteroatoms. The van der Waals surface area contributed by atoms with Crippen molar-refractivity contribution in [1.82, 2.24) is 5.32 Å². The third kappa shape index (κ3) is 4.56. The summed E-state index contributed by atoms with van der Waals surface area (Å²) >= 11 is 3.47. The van der Waals surface area contributed by atoms with Crippen molar-refractivity contribution < 1.29 is 4.39 Å². The smallest absolute Gasteiger partial charge is 0.124 e. The lowest BCUT2D eigenvalue weighted by atomic mass is 9.92. The summed E-state index contributed by atoms with van der Waals surface area (Å²) in [5, 5.41) is 3.72. The third-order valence-corrected chi connectivity index (χ3v) is 5.10. The fourth-order valence-electron chi connectivity index (χ4n) is 3.23. The van der Waals surface area contributed by atoms with E-state index in [0.717, 1.165) is 29.8 Å². The molecule has 1 nitrogen and oxygen atoms in total. The maximum atomic E-state index is 13.1. The van der Waals surface area contributed by atoms with Crippen LogP contribution in [0.4, 0.5) is 4.39 Å². The largest absolute Gasteiger partial charge is 0.314 e. The van der Waals surface area contributed by atoms with Crippen molar-refractivity contribution in [2.75, 3.05) is 6.54 Å². The number of aryl methyl sites for hydroxylation is 1. The average molecular weight is 342 g/mol. The molecule has 0 bridgehead atoms. The zero-order chi connectivity index (χ0) is 14.4. The highest BCUT2D eigenvalue weighted by molar-refractivity contribution is 9.10. The summed E-state index contributed by atoms with van der Waals surface area (Å²) in [6, 6.07) is 5.66. The van der Waals surface area contributed by atoms with Crippen LogP contribution in [0.2, 0.25) is 0 Å². The predicted molar refractivity (Wildman–Crippen MR) is 86.5 cm³/mol. The summed E-state index contributed by atoms with van der Waals surface area (Å²) in [4.78, 5) is 0. The number of nitrogens with one attached hydrogen (secondary N) is 1. The van der Waals surface area contributed by atoms with Crippen LogP contribution in [0, 0.1) is 11.7 Å². The maximum Gasteiger partial charge on any atom is 0.124 e. The summed E-state index contributed by atoms with van der Waals surface area (Å²) < 4.78 is 14.0. The Morgan fingerprint density at radius 1 is 1.35 bits per heavy atom. The molecule has 1 aliphatic rings. The molecule has 0 aromatic heterocycles. The monoisotopic (exact) mass is 341 g/mol. The molecule has 1 aromatic rings. The molecular weight excluding hydrogens is 317 g/mol. The molecular formula is C17H25BrFN. The standard InChI is InChI=1S/C17H25BrFN/c1-2-11-20-17(14-5-3-4-6-14)10-8-13-7-9-15(19)12-16(13)18/h7,9,12,14,17,20H,2-6,8,10-11H2,1H3. The molecule has 1 aromatic carbocycles. The second kappa shape index (κ2) is 8.14. The van der Waals surface area contributed by atoms with E-state index in [1.54, 1.807) is 12.1 Å². The maximum absolute atomic E-state index is 13.1. The van der Waals surface area contributed by atoms with Crippen LogP contribution in [0.15, 0.2) is 22.7 Å². The first-order valence-corrected chi connectivity index (χ1v) is 8.67. The molecule has 2 rings (SSSR count). The van der Waals surface area contributed by atoms with Crippen LogP contribution >= 0.6 is 15.9 Å². The van der Waals surface area contributed by atoms with Gasteiger partial charge in [-0.3, -0.25) is 0 Å². The topological polar surface area (TPSA) is 12.0 Å². The number of benzene rings is 1. The highest BCUT2D eigenvalue weighted by Gasteiger charge is 2.24. The summed E-state index contributed by atoms with van der Waals surface area (Å²) in [6.45, 7) is 3.32. The lowest BCUT2D eigenvalue weighted by Gasteiger charge is -2.25. The highest BCUT2D eigenvalue weighted by Crippen LogP contribution is 2.30. The molecule has 112 valence electrons. The van der Waals surface area contributed by atoms with Crippen LogP contribution < -0.4 is 5.32 Å². The first-order valence-electron chi connectivity index (χ1n) is 7.88. The Hall–Kier alpha value is -0.410. The Bertz CT molecular complexity index is 415.